The molecular formula is C13H14FN3O. The molecule has 0 bridgehead atoms. The van der Waals surface area contributed by atoms with E-state index in [1.54, 1.807) is 18.5 Å². The number of imidazole rings is 1. The lowest BCUT2D eigenvalue weighted by atomic mass is 10.1. The Morgan fingerprint density at radius 3 is 3.17 bits per heavy atom. The Morgan fingerprint density at radius 1 is 1.44 bits per heavy atom. The van der Waals surface area contributed by atoms with E-state index in [-0.39, 0.29) is 11.6 Å². The molecule has 4 nitrogen and oxygen atoms in total. The Labute approximate surface area is 104 Å². The first-order chi connectivity index (χ1) is 8.79. The molecule has 1 N–H and O–H groups in total. The highest BCUT2D eigenvalue weighted by Gasteiger charge is 2.16. The van der Waals surface area contributed by atoms with Crippen LogP contribution in [0.1, 0.15) is 11.4 Å². The number of hydrogen-bond donors (Lipinski definition) is 1. The van der Waals surface area contributed by atoms with E-state index in [1.807, 2.05) is 4.57 Å². The summed E-state index contributed by atoms with van der Waals surface area (Å²) >= 11 is 0. The number of aromatic nitrogens is 2. The summed E-state index contributed by atoms with van der Waals surface area (Å²) in [5.41, 5.74) is 3.12. The summed E-state index contributed by atoms with van der Waals surface area (Å²) < 4.78 is 20.4. The zero-order chi connectivity index (χ0) is 12.5. The number of benzene rings is 1. The number of ether oxygens (including phenoxy) is 1. The van der Waals surface area contributed by atoms with Gasteiger partial charge in [-0.2, -0.15) is 0 Å². The van der Waals surface area contributed by atoms with Crippen LogP contribution in [0.4, 0.5) is 4.39 Å². The van der Waals surface area contributed by atoms with Gasteiger partial charge in [-0.05, 0) is 12.1 Å². The van der Waals surface area contributed by atoms with Crippen LogP contribution in [-0.4, -0.2) is 23.2 Å². The molecule has 2 heterocycles. The minimum atomic E-state index is -0.350. The highest BCUT2D eigenvalue weighted by molar-refractivity contribution is 5.42. The lowest BCUT2D eigenvalue weighted by Crippen LogP contribution is -2.24. The first kappa shape index (κ1) is 11.2. The van der Waals surface area contributed by atoms with Gasteiger partial charge in [0.15, 0.2) is 11.6 Å². The number of fused-ring (bicyclic) bond motifs is 1. The Kier molecular flexibility index (Phi) is 2.76. The van der Waals surface area contributed by atoms with Gasteiger partial charge < -0.3 is 14.6 Å². The monoisotopic (exact) mass is 247 g/mol. The maximum absolute atomic E-state index is 13.4. The quantitative estimate of drug-likeness (QED) is 0.877. The minimum Gasteiger partial charge on any atom is -0.494 e. The van der Waals surface area contributed by atoms with Crippen molar-refractivity contribution in [1.29, 1.82) is 0 Å². The van der Waals surface area contributed by atoms with Crippen LogP contribution in [0.3, 0.4) is 0 Å². The second-order valence-electron chi connectivity index (χ2n) is 4.25. The summed E-state index contributed by atoms with van der Waals surface area (Å²) in [6, 6.07) is 4.85. The highest BCUT2D eigenvalue weighted by atomic mass is 19.1. The average molecular weight is 247 g/mol. The fourth-order valence-electron chi connectivity index (χ4n) is 2.26. The smallest absolute Gasteiger partial charge is 0.165 e. The van der Waals surface area contributed by atoms with Gasteiger partial charge in [0.1, 0.15) is 0 Å². The molecule has 18 heavy (non-hydrogen) atoms. The summed E-state index contributed by atoms with van der Waals surface area (Å²) in [5, 5.41) is 3.28. The molecule has 0 radical (unpaired) electrons. The molecule has 1 aromatic heterocycles. The maximum atomic E-state index is 13.4. The number of nitrogens with zero attached hydrogens (tertiary/aromatic N) is 2. The minimum absolute atomic E-state index is 0.254. The fourth-order valence-corrected chi connectivity index (χ4v) is 2.26. The van der Waals surface area contributed by atoms with E-state index < -0.39 is 0 Å². The van der Waals surface area contributed by atoms with Gasteiger partial charge in [-0.3, -0.25) is 0 Å². The van der Waals surface area contributed by atoms with Crippen molar-refractivity contribution in [3.05, 3.63) is 41.7 Å². The second kappa shape index (κ2) is 4.42. The molecule has 0 spiro atoms. The van der Waals surface area contributed by atoms with Crippen molar-refractivity contribution in [2.24, 2.45) is 0 Å². The van der Waals surface area contributed by atoms with Crippen molar-refractivity contribution in [2.75, 3.05) is 13.7 Å². The van der Waals surface area contributed by atoms with Crippen LogP contribution in [0.15, 0.2) is 24.5 Å². The van der Waals surface area contributed by atoms with Crippen LogP contribution < -0.4 is 10.1 Å². The van der Waals surface area contributed by atoms with E-state index in [0.29, 0.717) is 0 Å². The van der Waals surface area contributed by atoms with Crippen LogP contribution in [-0.2, 0) is 13.0 Å². The van der Waals surface area contributed by atoms with Gasteiger partial charge in [0.05, 0.1) is 24.8 Å². The molecule has 1 aliphatic rings. The Balaban J connectivity index is 2.07. The number of nitrogens with one attached hydrogen (secondary N) is 1. The third-order valence-electron chi connectivity index (χ3n) is 3.20. The molecule has 0 unspecified atom stereocenters. The molecule has 0 fully saturated rings. The first-order valence-electron chi connectivity index (χ1n) is 5.89. The van der Waals surface area contributed by atoms with Gasteiger partial charge in [0.2, 0.25) is 0 Å². The molecule has 0 amide bonds. The molecule has 1 aromatic carbocycles. The van der Waals surface area contributed by atoms with Crippen LogP contribution in [0.25, 0.3) is 5.69 Å². The van der Waals surface area contributed by atoms with Gasteiger partial charge in [0.25, 0.3) is 0 Å². The summed E-state index contributed by atoms with van der Waals surface area (Å²) in [6.45, 7) is 1.73. The third kappa shape index (κ3) is 1.76. The molecule has 3 rings (SSSR count). The second-order valence-corrected chi connectivity index (χ2v) is 4.25. The Morgan fingerprint density at radius 2 is 2.33 bits per heavy atom. The molecule has 2 aromatic rings. The third-order valence-corrected chi connectivity index (χ3v) is 3.20. The van der Waals surface area contributed by atoms with Crippen molar-refractivity contribution in [3.63, 3.8) is 0 Å². The lowest BCUT2D eigenvalue weighted by molar-refractivity contribution is 0.386. The van der Waals surface area contributed by atoms with Crippen molar-refractivity contribution < 1.29 is 9.13 Å². The summed E-state index contributed by atoms with van der Waals surface area (Å²) in [7, 11) is 1.47. The van der Waals surface area contributed by atoms with E-state index in [9.17, 15) is 4.39 Å². The molecule has 5 heteroatoms. The van der Waals surface area contributed by atoms with E-state index in [0.717, 1.165) is 30.9 Å². The summed E-state index contributed by atoms with van der Waals surface area (Å²) in [5.74, 6) is -0.0965. The lowest BCUT2D eigenvalue weighted by Gasteiger charge is -2.15. The van der Waals surface area contributed by atoms with Gasteiger partial charge in [-0.15, -0.1) is 0 Å². The van der Waals surface area contributed by atoms with E-state index >= 15 is 0 Å². The molecule has 0 aliphatic carbocycles. The predicted octanol–water partition coefficient (Wildman–Crippen LogP) is 1.67. The van der Waals surface area contributed by atoms with Gasteiger partial charge >= 0.3 is 0 Å². The average Bonchev–Trinajstić information content (AvgIpc) is 2.83. The Hall–Kier alpha value is -1.88. The van der Waals surface area contributed by atoms with Crippen LogP contribution >= 0.6 is 0 Å². The standard InChI is InChI=1S/C13H14FN3O/c1-18-13-6-9(2-3-10(13)14)17-8-16-11-7-15-5-4-12(11)17/h2-3,6,8,15H,4-5,7H2,1H3. The zero-order valence-electron chi connectivity index (χ0n) is 10.1. The molecule has 0 saturated carbocycles. The number of hydrogen-bond acceptors (Lipinski definition) is 3. The fraction of sp³-hybridized carbons (Fsp3) is 0.308. The van der Waals surface area contributed by atoms with Crippen molar-refractivity contribution in [3.8, 4) is 11.4 Å². The predicted molar refractivity (Wildman–Crippen MR) is 65.5 cm³/mol. The van der Waals surface area contributed by atoms with Gasteiger partial charge in [0, 0.05) is 31.3 Å². The first-order valence-corrected chi connectivity index (χ1v) is 5.89. The largest absolute Gasteiger partial charge is 0.494 e. The van der Waals surface area contributed by atoms with Crippen LogP contribution in [0, 0.1) is 5.82 Å². The molecule has 0 atom stereocenters. The van der Waals surface area contributed by atoms with Crippen molar-refractivity contribution in [2.45, 2.75) is 13.0 Å². The Bertz CT molecular complexity index is 580. The molecule has 94 valence electrons. The normalized spacial score (nSPS) is 14.3. The topological polar surface area (TPSA) is 39.1 Å². The number of rotatable bonds is 2. The molecule has 1 aliphatic heterocycles. The zero-order valence-corrected chi connectivity index (χ0v) is 10.1. The molecular weight excluding hydrogens is 233 g/mol. The maximum Gasteiger partial charge on any atom is 0.165 e. The van der Waals surface area contributed by atoms with Crippen LogP contribution in [0.5, 0.6) is 5.75 Å². The SMILES string of the molecule is COc1cc(-n2cnc3c2CCNC3)ccc1F. The van der Waals surface area contributed by atoms with E-state index in [2.05, 4.69) is 10.3 Å². The van der Waals surface area contributed by atoms with E-state index in [1.165, 1.54) is 18.9 Å². The van der Waals surface area contributed by atoms with Crippen molar-refractivity contribution >= 4 is 0 Å². The summed E-state index contributed by atoms with van der Waals surface area (Å²) in [4.78, 5) is 4.38. The van der Waals surface area contributed by atoms with Gasteiger partial charge in [-0.1, -0.05) is 0 Å². The highest BCUT2D eigenvalue weighted by Crippen LogP contribution is 2.23. The van der Waals surface area contributed by atoms with Gasteiger partial charge in [-0.25, -0.2) is 9.37 Å². The van der Waals surface area contributed by atoms with Crippen molar-refractivity contribution in [1.82, 2.24) is 14.9 Å². The van der Waals surface area contributed by atoms with E-state index in [4.69, 9.17) is 4.74 Å². The van der Waals surface area contributed by atoms with Crippen LogP contribution in [0.2, 0.25) is 0 Å². The summed E-state index contributed by atoms with van der Waals surface area (Å²) in [6.07, 6.45) is 2.71. The number of halogens is 1. The number of methoxy groups -OCH3 is 1. The molecule has 0 saturated heterocycles.